The van der Waals surface area contributed by atoms with Crippen molar-refractivity contribution in [3.8, 4) is 0 Å². The Kier molecular flexibility index (Phi) is 9.69. The second-order valence-corrected chi connectivity index (χ2v) is 6.90. The fraction of sp³-hybridized carbons (Fsp3) is 0.111. The number of benzene rings is 2. The summed E-state index contributed by atoms with van der Waals surface area (Å²) >= 11 is 23.0. The zero-order valence-electron chi connectivity index (χ0n) is 15.1. The van der Waals surface area contributed by atoms with E-state index in [0.717, 1.165) is 0 Å². The maximum Gasteiger partial charge on any atom is 0.370 e. The molecular formula is C18H14Cl4N4O4. The number of nitrogens with one attached hydrogen (secondary N) is 2. The normalized spacial score (nSPS) is 11.6. The SMILES string of the molecule is O=C(OCCOC(=O)/C(Cl)=N/Nc1ccc(Cl)cc1)/C(Cl)=N/Nc1ccc(Cl)cc1. The van der Waals surface area contributed by atoms with Gasteiger partial charge in [0.2, 0.25) is 10.3 Å². The van der Waals surface area contributed by atoms with E-state index < -0.39 is 22.3 Å². The minimum Gasteiger partial charge on any atom is -0.457 e. The first-order valence-corrected chi connectivity index (χ1v) is 9.70. The summed E-state index contributed by atoms with van der Waals surface area (Å²) in [5.74, 6) is -1.81. The number of hydrazone groups is 2. The van der Waals surface area contributed by atoms with Crippen molar-refractivity contribution in [2.75, 3.05) is 24.1 Å². The molecule has 0 aliphatic carbocycles. The van der Waals surface area contributed by atoms with Crippen LogP contribution < -0.4 is 10.9 Å². The van der Waals surface area contributed by atoms with Crippen LogP contribution >= 0.6 is 46.4 Å². The van der Waals surface area contributed by atoms with Gasteiger partial charge in [0.15, 0.2) is 0 Å². The number of esters is 2. The van der Waals surface area contributed by atoms with Crippen molar-refractivity contribution in [3.63, 3.8) is 0 Å². The summed E-state index contributed by atoms with van der Waals surface area (Å²) in [5, 5.41) is 7.57. The Bertz CT molecular complexity index is 857. The monoisotopic (exact) mass is 490 g/mol. The summed E-state index contributed by atoms with van der Waals surface area (Å²) in [6.07, 6.45) is 0. The maximum atomic E-state index is 11.7. The number of carbonyl (C=O) groups excluding carboxylic acids is 2. The van der Waals surface area contributed by atoms with E-state index in [1.165, 1.54) is 0 Å². The highest BCUT2D eigenvalue weighted by Gasteiger charge is 2.13. The van der Waals surface area contributed by atoms with Crippen LogP contribution in [-0.2, 0) is 19.1 Å². The maximum absolute atomic E-state index is 11.7. The minimum absolute atomic E-state index is 0.258. The Hall–Kier alpha value is -2.52. The molecule has 2 N–H and O–H groups in total. The summed E-state index contributed by atoms with van der Waals surface area (Å²) in [6.45, 7) is -0.516. The van der Waals surface area contributed by atoms with Crippen LogP contribution in [0.2, 0.25) is 10.0 Å². The van der Waals surface area contributed by atoms with Crippen molar-refractivity contribution >= 4 is 80.1 Å². The molecule has 0 spiro atoms. The summed E-state index contributed by atoms with van der Waals surface area (Å²) in [7, 11) is 0. The molecule has 158 valence electrons. The topological polar surface area (TPSA) is 101 Å². The molecule has 0 fully saturated rings. The van der Waals surface area contributed by atoms with Gasteiger partial charge in [-0.1, -0.05) is 46.4 Å². The molecule has 0 atom stereocenters. The lowest BCUT2D eigenvalue weighted by Crippen LogP contribution is -2.20. The molecule has 0 saturated heterocycles. The Labute approximate surface area is 191 Å². The fourth-order valence-corrected chi connectivity index (χ4v) is 2.20. The predicted molar refractivity (Wildman–Crippen MR) is 119 cm³/mol. The molecule has 0 amide bonds. The molecule has 0 aliphatic rings. The van der Waals surface area contributed by atoms with Crippen molar-refractivity contribution in [2.45, 2.75) is 0 Å². The van der Waals surface area contributed by atoms with E-state index >= 15 is 0 Å². The van der Waals surface area contributed by atoms with E-state index in [1.54, 1.807) is 48.5 Å². The highest BCUT2D eigenvalue weighted by atomic mass is 35.5. The molecule has 0 radical (unpaired) electrons. The first kappa shape index (κ1) is 23.8. The first-order chi connectivity index (χ1) is 14.3. The third-order valence-corrected chi connectivity index (χ3v) is 4.12. The number of ether oxygens (including phenoxy) is 2. The van der Waals surface area contributed by atoms with Crippen LogP contribution in [0.4, 0.5) is 11.4 Å². The number of rotatable bonds is 9. The van der Waals surface area contributed by atoms with Crippen LogP contribution in [0, 0.1) is 0 Å². The summed E-state index contributed by atoms with van der Waals surface area (Å²) in [5.41, 5.74) is 6.28. The predicted octanol–water partition coefficient (Wildman–Crippen LogP) is 4.71. The third-order valence-electron chi connectivity index (χ3n) is 3.14. The van der Waals surface area contributed by atoms with Gasteiger partial charge >= 0.3 is 11.9 Å². The van der Waals surface area contributed by atoms with Gasteiger partial charge in [0.25, 0.3) is 0 Å². The van der Waals surface area contributed by atoms with Crippen LogP contribution in [0.1, 0.15) is 0 Å². The van der Waals surface area contributed by atoms with Crippen molar-refractivity contribution in [2.24, 2.45) is 10.2 Å². The number of nitrogens with zero attached hydrogens (tertiary/aromatic N) is 2. The van der Waals surface area contributed by atoms with Crippen LogP contribution in [0.25, 0.3) is 0 Å². The molecule has 2 aromatic rings. The standard InChI is InChI=1S/C18H14Cl4N4O4/c19-11-1-5-13(6-2-11)23-25-15(21)17(27)29-9-10-30-18(28)16(22)26-24-14-7-3-12(20)4-8-14/h1-8,23-24H,9-10H2/b25-15-,26-16-. The van der Waals surface area contributed by atoms with E-state index in [-0.39, 0.29) is 13.2 Å². The van der Waals surface area contributed by atoms with Crippen LogP contribution in [-0.4, -0.2) is 35.5 Å². The molecule has 0 bridgehead atoms. The van der Waals surface area contributed by atoms with Crippen LogP contribution in [0.3, 0.4) is 0 Å². The molecule has 8 nitrogen and oxygen atoms in total. The van der Waals surface area contributed by atoms with Crippen molar-refractivity contribution in [1.29, 1.82) is 0 Å². The largest absolute Gasteiger partial charge is 0.457 e. The van der Waals surface area contributed by atoms with Crippen molar-refractivity contribution in [3.05, 3.63) is 58.6 Å². The molecule has 2 aromatic carbocycles. The van der Waals surface area contributed by atoms with Gasteiger partial charge in [-0.2, -0.15) is 10.2 Å². The molecule has 0 saturated carbocycles. The highest BCUT2D eigenvalue weighted by molar-refractivity contribution is 6.82. The van der Waals surface area contributed by atoms with Gasteiger partial charge < -0.3 is 9.47 Å². The molecule has 30 heavy (non-hydrogen) atoms. The number of hydrogen-bond donors (Lipinski definition) is 2. The summed E-state index contributed by atoms with van der Waals surface area (Å²) in [4.78, 5) is 23.4. The Morgan fingerprint density at radius 1 is 0.700 bits per heavy atom. The Morgan fingerprint density at radius 3 is 1.37 bits per heavy atom. The van der Waals surface area contributed by atoms with Gasteiger partial charge in [-0.05, 0) is 48.5 Å². The second kappa shape index (κ2) is 12.2. The number of carbonyl (C=O) groups is 2. The van der Waals surface area contributed by atoms with E-state index in [0.29, 0.717) is 21.4 Å². The Balaban J connectivity index is 1.69. The third kappa shape index (κ3) is 8.46. The number of halogens is 4. The molecule has 0 aliphatic heterocycles. The number of hydrogen-bond acceptors (Lipinski definition) is 8. The average molecular weight is 492 g/mol. The van der Waals surface area contributed by atoms with Crippen molar-refractivity contribution in [1.82, 2.24) is 0 Å². The van der Waals surface area contributed by atoms with Gasteiger partial charge in [0.05, 0.1) is 11.4 Å². The summed E-state index contributed by atoms with van der Waals surface area (Å²) < 4.78 is 9.66. The van der Waals surface area contributed by atoms with Gasteiger partial charge in [0.1, 0.15) is 13.2 Å². The average Bonchev–Trinajstić information content (AvgIpc) is 2.75. The van der Waals surface area contributed by atoms with Crippen molar-refractivity contribution < 1.29 is 19.1 Å². The lowest BCUT2D eigenvalue weighted by Gasteiger charge is -2.06. The molecule has 12 heteroatoms. The van der Waals surface area contributed by atoms with Crippen LogP contribution in [0.15, 0.2) is 58.7 Å². The van der Waals surface area contributed by atoms with Gasteiger partial charge in [-0.3, -0.25) is 10.9 Å². The number of anilines is 2. The molecular weight excluding hydrogens is 478 g/mol. The summed E-state index contributed by atoms with van der Waals surface area (Å²) in [6, 6.07) is 13.1. The lowest BCUT2D eigenvalue weighted by molar-refractivity contribution is -0.143. The molecule has 2 rings (SSSR count). The molecule has 0 heterocycles. The highest BCUT2D eigenvalue weighted by Crippen LogP contribution is 2.14. The first-order valence-electron chi connectivity index (χ1n) is 8.19. The van der Waals surface area contributed by atoms with Gasteiger partial charge in [-0.25, -0.2) is 9.59 Å². The van der Waals surface area contributed by atoms with Gasteiger partial charge in [-0.15, -0.1) is 0 Å². The van der Waals surface area contributed by atoms with E-state index in [9.17, 15) is 9.59 Å². The zero-order chi connectivity index (χ0) is 21.9. The van der Waals surface area contributed by atoms with Gasteiger partial charge in [0, 0.05) is 10.0 Å². The molecule has 0 unspecified atom stereocenters. The molecule has 0 aromatic heterocycles. The zero-order valence-corrected chi connectivity index (χ0v) is 18.1. The Morgan fingerprint density at radius 2 is 1.03 bits per heavy atom. The minimum atomic E-state index is -0.904. The quantitative estimate of drug-likeness (QED) is 0.228. The van der Waals surface area contributed by atoms with E-state index in [2.05, 4.69) is 21.1 Å². The van der Waals surface area contributed by atoms with Crippen LogP contribution in [0.5, 0.6) is 0 Å². The lowest BCUT2D eigenvalue weighted by atomic mass is 10.3. The van der Waals surface area contributed by atoms with E-state index in [4.69, 9.17) is 55.9 Å². The fourth-order valence-electron chi connectivity index (χ4n) is 1.76. The van der Waals surface area contributed by atoms with E-state index in [1.807, 2.05) is 0 Å². The second-order valence-electron chi connectivity index (χ2n) is 5.31. The smallest absolute Gasteiger partial charge is 0.370 e.